The van der Waals surface area contributed by atoms with Gasteiger partial charge in [0.2, 0.25) is 5.91 Å². The maximum atomic E-state index is 12.0. The standard InChI is InChI=1S/C17H20N4O2/c22-16-5-8-21(17(23)20-16)13-2-1-12-9-14(19-15(12)10-13)11-3-6-18-7-4-11/h1-2,9-11,18-19H,3-8H2,(H,20,22,23). The predicted molar refractivity (Wildman–Crippen MR) is 88.6 cm³/mol. The number of imide groups is 1. The average Bonchev–Trinajstić information content (AvgIpc) is 2.99. The number of anilines is 1. The fraction of sp³-hybridized carbons (Fsp3) is 0.412. The number of nitrogens with one attached hydrogen (secondary N) is 3. The molecule has 0 unspecified atom stereocenters. The Bertz CT molecular complexity index is 761. The van der Waals surface area contributed by atoms with Crippen molar-refractivity contribution in [2.45, 2.75) is 25.2 Å². The second-order valence-corrected chi connectivity index (χ2v) is 6.28. The molecule has 2 aromatic rings. The summed E-state index contributed by atoms with van der Waals surface area (Å²) < 4.78 is 0. The number of benzene rings is 1. The number of urea groups is 1. The third-order valence-corrected chi connectivity index (χ3v) is 4.77. The molecule has 0 bridgehead atoms. The Labute approximate surface area is 134 Å². The van der Waals surface area contributed by atoms with Crippen LogP contribution in [-0.4, -0.2) is 36.6 Å². The predicted octanol–water partition coefficient (Wildman–Crippen LogP) is 2.08. The first-order valence-corrected chi connectivity index (χ1v) is 8.15. The normalized spacial score (nSPS) is 20.1. The second-order valence-electron chi connectivity index (χ2n) is 6.28. The van der Waals surface area contributed by atoms with Crippen LogP contribution in [0, 0.1) is 0 Å². The molecule has 3 amide bonds. The topological polar surface area (TPSA) is 77.2 Å². The summed E-state index contributed by atoms with van der Waals surface area (Å²) in [5.74, 6) is 0.364. The Morgan fingerprint density at radius 3 is 2.70 bits per heavy atom. The maximum Gasteiger partial charge on any atom is 0.328 e. The summed E-state index contributed by atoms with van der Waals surface area (Å²) in [4.78, 5) is 28.4. The van der Waals surface area contributed by atoms with Crippen LogP contribution in [-0.2, 0) is 4.79 Å². The van der Waals surface area contributed by atoms with Gasteiger partial charge in [0.15, 0.2) is 0 Å². The largest absolute Gasteiger partial charge is 0.358 e. The van der Waals surface area contributed by atoms with E-state index >= 15 is 0 Å². The van der Waals surface area contributed by atoms with Gasteiger partial charge < -0.3 is 10.3 Å². The Balaban J connectivity index is 1.62. The molecule has 0 atom stereocenters. The lowest BCUT2D eigenvalue weighted by molar-refractivity contribution is -0.120. The van der Waals surface area contributed by atoms with Crippen molar-refractivity contribution in [3.05, 3.63) is 30.0 Å². The van der Waals surface area contributed by atoms with Gasteiger partial charge in [-0.1, -0.05) is 6.07 Å². The van der Waals surface area contributed by atoms with E-state index in [1.807, 2.05) is 18.2 Å². The number of rotatable bonds is 2. The van der Waals surface area contributed by atoms with Crippen LogP contribution in [0.2, 0.25) is 0 Å². The molecule has 6 nitrogen and oxygen atoms in total. The number of fused-ring (bicyclic) bond motifs is 1. The summed E-state index contributed by atoms with van der Waals surface area (Å²) in [6, 6.07) is 7.85. The molecule has 120 valence electrons. The zero-order chi connectivity index (χ0) is 15.8. The van der Waals surface area contributed by atoms with Gasteiger partial charge in [-0.15, -0.1) is 0 Å². The molecule has 3 heterocycles. The molecule has 0 radical (unpaired) electrons. The molecule has 6 heteroatoms. The first-order valence-electron chi connectivity index (χ1n) is 8.15. The quantitative estimate of drug-likeness (QED) is 0.794. The number of H-pyrrole nitrogens is 1. The Kier molecular flexibility index (Phi) is 3.53. The third-order valence-electron chi connectivity index (χ3n) is 4.77. The van der Waals surface area contributed by atoms with E-state index in [-0.39, 0.29) is 11.9 Å². The van der Waals surface area contributed by atoms with Crippen molar-refractivity contribution in [2.24, 2.45) is 0 Å². The van der Waals surface area contributed by atoms with Crippen LogP contribution in [0.1, 0.15) is 30.9 Å². The molecule has 3 N–H and O–H groups in total. The average molecular weight is 312 g/mol. The van der Waals surface area contributed by atoms with E-state index < -0.39 is 0 Å². The highest BCUT2D eigenvalue weighted by molar-refractivity contribution is 6.06. The number of aromatic nitrogens is 1. The maximum absolute atomic E-state index is 12.0. The molecule has 23 heavy (non-hydrogen) atoms. The van der Waals surface area contributed by atoms with Crippen molar-refractivity contribution < 1.29 is 9.59 Å². The molecule has 2 aliphatic rings. The molecule has 1 aromatic carbocycles. The van der Waals surface area contributed by atoms with Gasteiger partial charge in [-0.25, -0.2) is 4.79 Å². The monoisotopic (exact) mass is 312 g/mol. The molecule has 2 fully saturated rings. The summed E-state index contributed by atoms with van der Waals surface area (Å²) in [6.07, 6.45) is 2.64. The Hall–Kier alpha value is -2.34. The molecule has 4 rings (SSSR count). The highest BCUT2D eigenvalue weighted by Gasteiger charge is 2.24. The zero-order valence-electron chi connectivity index (χ0n) is 12.9. The van der Waals surface area contributed by atoms with Crippen LogP contribution in [0.4, 0.5) is 10.5 Å². The van der Waals surface area contributed by atoms with E-state index in [4.69, 9.17) is 0 Å². The second kappa shape index (κ2) is 5.70. The van der Waals surface area contributed by atoms with E-state index in [1.165, 1.54) is 5.69 Å². The van der Waals surface area contributed by atoms with Crippen molar-refractivity contribution in [3.63, 3.8) is 0 Å². The van der Waals surface area contributed by atoms with Gasteiger partial charge in [-0.05, 0) is 49.5 Å². The summed E-state index contributed by atoms with van der Waals surface area (Å²) in [7, 11) is 0. The van der Waals surface area contributed by atoms with E-state index in [0.717, 1.165) is 42.5 Å². The van der Waals surface area contributed by atoms with Crippen molar-refractivity contribution >= 4 is 28.5 Å². The van der Waals surface area contributed by atoms with E-state index in [0.29, 0.717) is 18.9 Å². The Morgan fingerprint density at radius 2 is 1.91 bits per heavy atom. The summed E-state index contributed by atoms with van der Waals surface area (Å²) in [6.45, 7) is 2.55. The van der Waals surface area contributed by atoms with E-state index in [1.54, 1.807) is 4.90 Å². The number of piperidine rings is 1. The van der Waals surface area contributed by atoms with Gasteiger partial charge in [0.05, 0.1) is 0 Å². The minimum Gasteiger partial charge on any atom is -0.358 e. The summed E-state index contributed by atoms with van der Waals surface area (Å²) in [5.41, 5.74) is 3.14. The number of amides is 3. The zero-order valence-corrected chi connectivity index (χ0v) is 12.9. The molecule has 2 saturated heterocycles. The van der Waals surface area contributed by atoms with Crippen LogP contribution >= 0.6 is 0 Å². The van der Waals surface area contributed by atoms with Gasteiger partial charge in [0.25, 0.3) is 0 Å². The molecule has 2 aliphatic heterocycles. The number of hydrogen-bond donors (Lipinski definition) is 3. The first kappa shape index (κ1) is 14.3. The number of carbonyl (C=O) groups excluding carboxylic acids is 2. The van der Waals surface area contributed by atoms with Crippen LogP contribution < -0.4 is 15.5 Å². The van der Waals surface area contributed by atoms with Gasteiger partial charge in [0, 0.05) is 35.8 Å². The molecule has 0 aliphatic carbocycles. The first-order chi connectivity index (χ1) is 11.2. The highest BCUT2D eigenvalue weighted by atomic mass is 16.2. The van der Waals surface area contributed by atoms with E-state index in [2.05, 4.69) is 21.7 Å². The van der Waals surface area contributed by atoms with Gasteiger partial charge in [-0.2, -0.15) is 0 Å². The summed E-state index contributed by atoms with van der Waals surface area (Å²) >= 11 is 0. The lowest BCUT2D eigenvalue weighted by atomic mass is 9.95. The lowest BCUT2D eigenvalue weighted by Crippen LogP contribution is -2.49. The van der Waals surface area contributed by atoms with Crippen LogP contribution in [0.3, 0.4) is 0 Å². The number of nitrogens with zero attached hydrogens (tertiary/aromatic N) is 1. The van der Waals surface area contributed by atoms with Crippen LogP contribution in [0.5, 0.6) is 0 Å². The lowest BCUT2D eigenvalue weighted by Gasteiger charge is -2.26. The van der Waals surface area contributed by atoms with Crippen molar-refractivity contribution in [1.29, 1.82) is 0 Å². The number of hydrogen-bond acceptors (Lipinski definition) is 3. The van der Waals surface area contributed by atoms with Gasteiger partial charge >= 0.3 is 6.03 Å². The fourth-order valence-corrected chi connectivity index (χ4v) is 3.47. The smallest absolute Gasteiger partial charge is 0.328 e. The minimum atomic E-state index is -0.342. The minimum absolute atomic E-state index is 0.208. The van der Waals surface area contributed by atoms with Gasteiger partial charge in [0.1, 0.15) is 0 Å². The van der Waals surface area contributed by atoms with E-state index in [9.17, 15) is 9.59 Å². The number of carbonyl (C=O) groups is 2. The van der Waals surface area contributed by atoms with Crippen molar-refractivity contribution in [1.82, 2.24) is 15.6 Å². The van der Waals surface area contributed by atoms with Crippen LogP contribution in [0.15, 0.2) is 24.3 Å². The third kappa shape index (κ3) is 2.70. The molecular weight excluding hydrogens is 292 g/mol. The SMILES string of the molecule is O=C1CCN(c2ccc3cc(C4CCNCC4)[nH]c3c2)C(=O)N1. The summed E-state index contributed by atoms with van der Waals surface area (Å²) in [5, 5.41) is 6.91. The molecule has 0 saturated carbocycles. The van der Waals surface area contributed by atoms with Gasteiger partial charge in [-0.3, -0.25) is 15.0 Å². The van der Waals surface area contributed by atoms with Crippen LogP contribution in [0.25, 0.3) is 10.9 Å². The fourth-order valence-electron chi connectivity index (χ4n) is 3.47. The van der Waals surface area contributed by atoms with Crippen molar-refractivity contribution in [2.75, 3.05) is 24.5 Å². The molecule has 1 aromatic heterocycles. The molecular formula is C17H20N4O2. The highest BCUT2D eigenvalue weighted by Crippen LogP contribution is 2.30. The number of aromatic amines is 1. The van der Waals surface area contributed by atoms with Crippen molar-refractivity contribution in [3.8, 4) is 0 Å². The molecule has 0 spiro atoms. The Morgan fingerprint density at radius 1 is 1.09 bits per heavy atom.